The molecule has 0 fully saturated rings. The highest BCUT2D eigenvalue weighted by Gasteiger charge is 2.33. The summed E-state index contributed by atoms with van der Waals surface area (Å²) in [6, 6.07) is 1.66. The second-order valence-electron chi connectivity index (χ2n) is 4.11. The minimum atomic E-state index is -4.59. The Kier molecular flexibility index (Phi) is 6.09. The number of esters is 1. The topological polar surface area (TPSA) is 39.2 Å². The van der Waals surface area contributed by atoms with Gasteiger partial charge in [-0.05, 0) is 12.1 Å². The van der Waals surface area contributed by atoms with Gasteiger partial charge in [-0.1, -0.05) is 0 Å². The molecule has 0 saturated heterocycles. The predicted molar refractivity (Wildman–Crippen MR) is 67.1 cm³/mol. The van der Waals surface area contributed by atoms with E-state index in [0.29, 0.717) is 24.0 Å². The van der Waals surface area contributed by atoms with E-state index in [1.807, 2.05) is 0 Å². The van der Waals surface area contributed by atoms with Crippen LogP contribution in [0.5, 0.6) is 0 Å². The number of alkyl halides is 6. The molecule has 0 bridgehead atoms. The molecule has 1 rings (SSSR count). The third-order valence-electron chi connectivity index (χ3n) is 2.47. The maximum absolute atomic E-state index is 12.4. The molecule has 0 saturated carbocycles. The van der Waals surface area contributed by atoms with Crippen molar-refractivity contribution in [3.05, 3.63) is 29.6 Å². The number of nitrogens with zero attached hydrogens (tertiary/aromatic N) is 1. The van der Waals surface area contributed by atoms with Crippen LogP contribution in [0.3, 0.4) is 0 Å². The standard InChI is InChI=1S/C12H11F6NO2S/c1-21-10(20)9(22-5-4-11(13,14)15)8-3-2-7(6-19-8)12(16,17)18/h2-3,6,9H,4-5H2,1H3. The van der Waals surface area contributed by atoms with Crippen molar-refractivity contribution in [3.8, 4) is 0 Å². The lowest BCUT2D eigenvalue weighted by molar-refractivity contribution is -0.140. The normalized spacial score (nSPS) is 13.8. The molecule has 0 aliphatic carbocycles. The van der Waals surface area contributed by atoms with E-state index in [9.17, 15) is 31.1 Å². The second-order valence-corrected chi connectivity index (χ2v) is 5.32. The van der Waals surface area contributed by atoms with Gasteiger partial charge in [0.05, 0.1) is 24.8 Å². The fourth-order valence-electron chi connectivity index (χ4n) is 1.40. The third kappa shape index (κ3) is 5.74. The van der Waals surface area contributed by atoms with E-state index in [1.165, 1.54) is 0 Å². The number of carbonyl (C=O) groups is 1. The smallest absolute Gasteiger partial charge is 0.417 e. The summed E-state index contributed by atoms with van der Waals surface area (Å²) in [7, 11) is 1.03. The third-order valence-corrected chi connectivity index (χ3v) is 3.67. The fraction of sp³-hybridized carbons (Fsp3) is 0.500. The number of carbonyl (C=O) groups excluding carboxylic acids is 1. The maximum Gasteiger partial charge on any atom is 0.417 e. The Hall–Kier alpha value is -1.45. The molecule has 1 heterocycles. The molecule has 3 nitrogen and oxygen atoms in total. The first kappa shape index (κ1) is 18.6. The number of halogens is 6. The van der Waals surface area contributed by atoms with Crippen LogP contribution in [0.4, 0.5) is 26.3 Å². The SMILES string of the molecule is COC(=O)C(SCCC(F)(F)F)c1ccc(C(F)(F)F)cn1. The van der Waals surface area contributed by atoms with Gasteiger partial charge in [0.25, 0.3) is 0 Å². The fourth-order valence-corrected chi connectivity index (χ4v) is 2.53. The number of thioether (sulfide) groups is 1. The van der Waals surface area contributed by atoms with Crippen LogP contribution >= 0.6 is 11.8 Å². The van der Waals surface area contributed by atoms with Gasteiger partial charge in [-0.25, -0.2) is 0 Å². The van der Waals surface area contributed by atoms with Crippen LogP contribution in [-0.4, -0.2) is 30.0 Å². The Balaban J connectivity index is 2.86. The summed E-state index contributed by atoms with van der Waals surface area (Å²) in [5.74, 6) is -1.31. The number of aromatic nitrogens is 1. The van der Waals surface area contributed by atoms with Gasteiger partial charge in [-0.3, -0.25) is 9.78 Å². The van der Waals surface area contributed by atoms with E-state index in [0.717, 1.165) is 13.2 Å². The number of rotatable bonds is 5. The molecule has 0 N–H and O–H groups in total. The molecule has 10 heteroatoms. The largest absolute Gasteiger partial charge is 0.468 e. The Morgan fingerprint density at radius 1 is 1.27 bits per heavy atom. The summed E-state index contributed by atoms with van der Waals surface area (Å²) in [5.41, 5.74) is -1.10. The van der Waals surface area contributed by atoms with Crippen molar-refractivity contribution >= 4 is 17.7 Å². The van der Waals surface area contributed by atoms with Gasteiger partial charge in [0.15, 0.2) is 0 Å². The van der Waals surface area contributed by atoms with Crippen LogP contribution in [0.25, 0.3) is 0 Å². The average molecular weight is 347 g/mol. The lowest BCUT2D eigenvalue weighted by atomic mass is 10.2. The quantitative estimate of drug-likeness (QED) is 0.596. The molecule has 0 aliphatic heterocycles. The van der Waals surface area contributed by atoms with Crippen molar-refractivity contribution < 1.29 is 35.9 Å². The predicted octanol–water partition coefficient (Wildman–Crippen LogP) is 4.00. The minimum absolute atomic E-state index is 0.0907. The molecule has 0 aromatic carbocycles. The van der Waals surface area contributed by atoms with Gasteiger partial charge in [0, 0.05) is 11.9 Å². The van der Waals surface area contributed by atoms with Gasteiger partial charge in [-0.15, -0.1) is 11.8 Å². The molecule has 0 spiro atoms. The van der Waals surface area contributed by atoms with Crippen LogP contribution in [0.15, 0.2) is 18.3 Å². The minimum Gasteiger partial charge on any atom is -0.468 e. The Bertz CT molecular complexity index is 500. The summed E-state index contributed by atoms with van der Waals surface area (Å²) < 4.78 is 78.0. The lowest BCUT2D eigenvalue weighted by Crippen LogP contribution is -2.16. The zero-order chi connectivity index (χ0) is 17.0. The van der Waals surface area contributed by atoms with Crippen LogP contribution in [0.1, 0.15) is 22.9 Å². The highest BCUT2D eigenvalue weighted by atomic mass is 32.2. The highest BCUT2D eigenvalue weighted by molar-refractivity contribution is 8.00. The molecule has 22 heavy (non-hydrogen) atoms. The first-order chi connectivity index (χ1) is 10.0. The Labute approximate surface area is 126 Å². The molecule has 0 aliphatic rings. The van der Waals surface area contributed by atoms with E-state index < -0.39 is 41.3 Å². The summed E-state index contributed by atoms with van der Waals surface area (Å²) in [4.78, 5) is 15.1. The van der Waals surface area contributed by atoms with E-state index in [4.69, 9.17) is 0 Å². The molecular formula is C12H11F6NO2S. The molecule has 1 aromatic rings. The molecule has 0 amide bonds. The monoisotopic (exact) mass is 347 g/mol. The molecule has 1 unspecified atom stereocenters. The zero-order valence-electron chi connectivity index (χ0n) is 11.2. The van der Waals surface area contributed by atoms with Crippen molar-refractivity contribution in [1.29, 1.82) is 0 Å². The lowest BCUT2D eigenvalue weighted by Gasteiger charge is -2.15. The summed E-state index contributed by atoms with van der Waals surface area (Å²) in [5, 5.41) is -1.21. The van der Waals surface area contributed by atoms with Gasteiger partial charge in [0.1, 0.15) is 5.25 Å². The molecular weight excluding hydrogens is 336 g/mol. The number of ether oxygens (including phenoxy) is 1. The van der Waals surface area contributed by atoms with E-state index in [2.05, 4.69) is 9.72 Å². The van der Waals surface area contributed by atoms with Crippen LogP contribution in [-0.2, 0) is 15.7 Å². The van der Waals surface area contributed by atoms with Crippen molar-refractivity contribution in [1.82, 2.24) is 4.98 Å². The first-order valence-corrected chi connectivity index (χ1v) is 6.89. The summed E-state index contributed by atoms with van der Waals surface area (Å²) in [6.07, 6.45) is -9.58. The maximum atomic E-state index is 12.4. The van der Waals surface area contributed by atoms with Crippen LogP contribution < -0.4 is 0 Å². The summed E-state index contributed by atoms with van der Waals surface area (Å²) >= 11 is 0.609. The van der Waals surface area contributed by atoms with Gasteiger partial charge >= 0.3 is 18.3 Å². The van der Waals surface area contributed by atoms with Crippen LogP contribution in [0.2, 0.25) is 0 Å². The molecule has 124 valence electrons. The first-order valence-electron chi connectivity index (χ1n) is 5.84. The molecule has 1 atom stereocenters. The van der Waals surface area contributed by atoms with E-state index in [-0.39, 0.29) is 5.69 Å². The zero-order valence-corrected chi connectivity index (χ0v) is 12.0. The molecule has 1 aromatic heterocycles. The van der Waals surface area contributed by atoms with Crippen molar-refractivity contribution in [2.24, 2.45) is 0 Å². The number of methoxy groups -OCH3 is 1. The van der Waals surface area contributed by atoms with Crippen molar-refractivity contribution in [2.75, 3.05) is 12.9 Å². The van der Waals surface area contributed by atoms with E-state index >= 15 is 0 Å². The van der Waals surface area contributed by atoms with Gasteiger partial charge < -0.3 is 4.74 Å². The average Bonchev–Trinajstić information content (AvgIpc) is 2.41. The number of hydrogen-bond donors (Lipinski definition) is 0. The summed E-state index contributed by atoms with van der Waals surface area (Å²) in [6.45, 7) is 0. The van der Waals surface area contributed by atoms with Gasteiger partial charge in [0.2, 0.25) is 0 Å². The Morgan fingerprint density at radius 3 is 2.32 bits per heavy atom. The van der Waals surface area contributed by atoms with Crippen LogP contribution in [0, 0.1) is 0 Å². The van der Waals surface area contributed by atoms with Gasteiger partial charge in [-0.2, -0.15) is 26.3 Å². The highest BCUT2D eigenvalue weighted by Crippen LogP contribution is 2.34. The number of hydrogen-bond acceptors (Lipinski definition) is 4. The Morgan fingerprint density at radius 2 is 1.91 bits per heavy atom. The second kappa shape index (κ2) is 7.21. The van der Waals surface area contributed by atoms with E-state index in [1.54, 1.807) is 0 Å². The molecule has 0 radical (unpaired) electrons. The van der Waals surface area contributed by atoms with Crippen molar-refractivity contribution in [2.45, 2.75) is 24.0 Å². The number of pyridine rings is 1. The van der Waals surface area contributed by atoms with Crippen molar-refractivity contribution in [3.63, 3.8) is 0 Å².